The molecule has 104 valence electrons. The molecule has 0 aromatic heterocycles. The summed E-state index contributed by atoms with van der Waals surface area (Å²) in [5.41, 5.74) is 0.712. The summed E-state index contributed by atoms with van der Waals surface area (Å²) in [6.45, 7) is 1.79. The van der Waals surface area contributed by atoms with E-state index in [-0.39, 0.29) is 11.6 Å². The zero-order chi connectivity index (χ0) is 14.7. The molecule has 0 fully saturated rings. The van der Waals surface area contributed by atoms with E-state index < -0.39 is 17.5 Å². The van der Waals surface area contributed by atoms with Crippen LogP contribution in [0.4, 0.5) is 8.78 Å². The summed E-state index contributed by atoms with van der Waals surface area (Å²) < 4.78 is 27.2. The fourth-order valence-electron chi connectivity index (χ4n) is 1.81. The van der Waals surface area contributed by atoms with Gasteiger partial charge in [0.1, 0.15) is 11.6 Å². The third-order valence-corrected chi connectivity index (χ3v) is 3.37. The van der Waals surface area contributed by atoms with Crippen LogP contribution < -0.4 is 5.32 Å². The molecule has 2 rings (SSSR count). The van der Waals surface area contributed by atoms with Gasteiger partial charge in [0.15, 0.2) is 0 Å². The summed E-state index contributed by atoms with van der Waals surface area (Å²) >= 11 is 3.35. The Balaban J connectivity index is 2.15. The SMILES string of the molecule is CC(NC(=O)c1ccc(F)cc1F)c1cccc(Br)c1. The monoisotopic (exact) mass is 339 g/mol. The number of hydrogen-bond acceptors (Lipinski definition) is 1. The maximum atomic E-state index is 13.5. The predicted molar refractivity (Wildman–Crippen MR) is 76.4 cm³/mol. The van der Waals surface area contributed by atoms with Gasteiger partial charge in [0.2, 0.25) is 0 Å². The molecule has 1 atom stereocenters. The Bertz CT molecular complexity index is 646. The number of rotatable bonds is 3. The van der Waals surface area contributed by atoms with Gasteiger partial charge in [-0.25, -0.2) is 8.78 Å². The summed E-state index contributed by atoms with van der Waals surface area (Å²) in [7, 11) is 0. The van der Waals surface area contributed by atoms with E-state index in [1.54, 1.807) is 6.92 Å². The highest BCUT2D eigenvalue weighted by atomic mass is 79.9. The van der Waals surface area contributed by atoms with Crippen LogP contribution in [0.3, 0.4) is 0 Å². The molecule has 0 aliphatic rings. The van der Waals surface area contributed by atoms with Crippen LogP contribution in [0.25, 0.3) is 0 Å². The molecule has 0 aliphatic heterocycles. The normalized spacial score (nSPS) is 12.0. The van der Waals surface area contributed by atoms with Crippen molar-refractivity contribution in [1.82, 2.24) is 5.32 Å². The molecule has 5 heteroatoms. The number of carbonyl (C=O) groups excluding carboxylic acids is 1. The van der Waals surface area contributed by atoms with Crippen LogP contribution in [0.2, 0.25) is 0 Å². The topological polar surface area (TPSA) is 29.1 Å². The zero-order valence-corrected chi connectivity index (χ0v) is 12.2. The molecule has 1 N–H and O–H groups in total. The Hall–Kier alpha value is -1.75. The van der Waals surface area contributed by atoms with Gasteiger partial charge in [-0.05, 0) is 36.8 Å². The van der Waals surface area contributed by atoms with E-state index in [1.165, 1.54) is 0 Å². The van der Waals surface area contributed by atoms with Gasteiger partial charge in [0, 0.05) is 10.5 Å². The quantitative estimate of drug-likeness (QED) is 0.891. The second-order valence-electron chi connectivity index (χ2n) is 4.37. The molecular weight excluding hydrogens is 328 g/mol. The van der Waals surface area contributed by atoms with Crippen molar-refractivity contribution in [2.24, 2.45) is 0 Å². The first-order valence-corrected chi connectivity index (χ1v) is 6.78. The highest BCUT2D eigenvalue weighted by Crippen LogP contribution is 2.19. The van der Waals surface area contributed by atoms with Crippen molar-refractivity contribution in [1.29, 1.82) is 0 Å². The van der Waals surface area contributed by atoms with E-state index >= 15 is 0 Å². The van der Waals surface area contributed by atoms with Crippen LogP contribution in [0.5, 0.6) is 0 Å². The first kappa shape index (κ1) is 14.7. The number of carbonyl (C=O) groups is 1. The minimum atomic E-state index is -0.871. The largest absolute Gasteiger partial charge is 0.345 e. The molecule has 2 aromatic rings. The zero-order valence-electron chi connectivity index (χ0n) is 10.7. The van der Waals surface area contributed by atoms with Crippen molar-refractivity contribution in [3.05, 3.63) is 69.7 Å². The summed E-state index contributed by atoms with van der Waals surface area (Å²) in [4.78, 5) is 12.0. The van der Waals surface area contributed by atoms with Crippen molar-refractivity contribution in [3.63, 3.8) is 0 Å². The standard InChI is InChI=1S/C15H12BrF2NO/c1-9(10-3-2-4-11(16)7-10)19-15(20)13-6-5-12(17)8-14(13)18/h2-9H,1H3,(H,19,20). The highest BCUT2D eigenvalue weighted by molar-refractivity contribution is 9.10. The average Bonchev–Trinajstić information content (AvgIpc) is 2.38. The molecule has 0 radical (unpaired) electrons. The van der Waals surface area contributed by atoms with Gasteiger partial charge in [-0.2, -0.15) is 0 Å². The molecule has 0 saturated heterocycles. The first-order valence-electron chi connectivity index (χ1n) is 5.99. The lowest BCUT2D eigenvalue weighted by Gasteiger charge is -2.15. The van der Waals surface area contributed by atoms with E-state index in [1.807, 2.05) is 24.3 Å². The molecule has 0 spiro atoms. The van der Waals surface area contributed by atoms with Gasteiger partial charge >= 0.3 is 0 Å². The van der Waals surface area contributed by atoms with Gasteiger partial charge in [0.05, 0.1) is 11.6 Å². The van der Waals surface area contributed by atoms with Gasteiger partial charge in [-0.3, -0.25) is 4.79 Å². The molecule has 2 aromatic carbocycles. The third-order valence-electron chi connectivity index (χ3n) is 2.87. The molecule has 2 nitrogen and oxygen atoms in total. The fourth-order valence-corrected chi connectivity index (χ4v) is 2.22. The molecule has 0 heterocycles. The summed E-state index contributed by atoms with van der Waals surface area (Å²) in [6, 6.07) is 10.0. The number of nitrogens with one attached hydrogen (secondary N) is 1. The number of benzene rings is 2. The second kappa shape index (κ2) is 6.13. The Morgan fingerprint density at radius 1 is 1.20 bits per heavy atom. The van der Waals surface area contributed by atoms with Crippen molar-refractivity contribution in [3.8, 4) is 0 Å². The molecule has 0 saturated carbocycles. The van der Waals surface area contributed by atoms with Crippen LogP contribution in [0.15, 0.2) is 46.9 Å². The maximum Gasteiger partial charge on any atom is 0.254 e. The lowest BCUT2D eigenvalue weighted by molar-refractivity contribution is 0.0935. The Morgan fingerprint density at radius 2 is 1.95 bits per heavy atom. The van der Waals surface area contributed by atoms with E-state index in [4.69, 9.17) is 0 Å². The van der Waals surface area contributed by atoms with Crippen molar-refractivity contribution in [2.75, 3.05) is 0 Å². The summed E-state index contributed by atoms with van der Waals surface area (Å²) in [5.74, 6) is -2.15. The minimum Gasteiger partial charge on any atom is -0.345 e. The van der Waals surface area contributed by atoms with Crippen LogP contribution in [-0.2, 0) is 0 Å². The van der Waals surface area contributed by atoms with Crippen molar-refractivity contribution < 1.29 is 13.6 Å². The lowest BCUT2D eigenvalue weighted by atomic mass is 10.1. The number of amides is 1. The maximum absolute atomic E-state index is 13.5. The molecule has 1 amide bonds. The highest BCUT2D eigenvalue weighted by Gasteiger charge is 2.15. The molecular formula is C15H12BrF2NO. The van der Waals surface area contributed by atoms with Gasteiger partial charge in [-0.1, -0.05) is 28.1 Å². The Kier molecular flexibility index (Phi) is 4.49. The predicted octanol–water partition coefficient (Wildman–Crippen LogP) is 4.22. The number of halogens is 3. The van der Waals surface area contributed by atoms with Crippen LogP contribution in [-0.4, -0.2) is 5.91 Å². The van der Waals surface area contributed by atoms with E-state index in [2.05, 4.69) is 21.2 Å². The third kappa shape index (κ3) is 3.42. The smallest absolute Gasteiger partial charge is 0.254 e. The Morgan fingerprint density at radius 3 is 2.60 bits per heavy atom. The van der Waals surface area contributed by atoms with Gasteiger partial charge < -0.3 is 5.32 Å². The summed E-state index contributed by atoms with van der Waals surface area (Å²) in [5, 5.41) is 2.68. The van der Waals surface area contributed by atoms with E-state index in [0.717, 1.165) is 22.2 Å². The molecule has 0 bridgehead atoms. The van der Waals surface area contributed by atoms with Crippen molar-refractivity contribution >= 4 is 21.8 Å². The molecule has 1 unspecified atom stereocenters. The average molecular weight is 340 g/mol. The van der Waals surface area contributed by atoms with Gasteiger partial charge in [0.25, 0.3) is 5.91 Å². The van der Waals surface area contributed by atoms with E-state index in [9.17, 15) is 13.6 Å². The van der Waals surface area contributed by atoms with Crippen molar-refractivity contribution in [2.45, 2.75) is 13.0 Å². The first-order chi connectivity index (χ1) is 9.47. The summed E-state index contributed by atoms with van der Waals surface area (Å²) in [6.07, 6.45) is 0. The minimum absolute atomic E-state index is 0.173. The lowest BCUT2D eigenvalue weighted by Crippen LogP contribution is -2.27. The van der Waals surface area contributed by atoms with Crippen LogP contribution >= 0.6 is 15.9 Å². The molecule has 0 aliphatic carbocycles. The van der Waals surface area contributed by atoms with Crippen LogP contribution in [0, 0.1) is 11.6 Å². The number of hydrogen-bond donors (Lipinski definition) is 1. The van der Waals surface area contributed by atoms with E-state index in [0.29, 0.717) is 6.07 Å². The second-order valence-corrected chi connectivity index (χ2v) is 5.29. The molecule has 20 heavy (non-hydrogen) atoms. The fraction of sp³-hybridized carbons (Fsp3) is 0.133. The van der Waals surface area contributed by atoms with Gasteiger partial charge in [-0.15, -0.1) is 0 Å². The Labute approximate surface area is 123 Å². The van der Waals surface area contributed by atoms with Crippen LogP contribution in [0.1, 0.15) is 28.9 Å².